The van der Waals surface area contributed by atoms with Gasteiger partial charge in [0.15, 0.2) is 0 Å². The van der Waals surface area contributed by atoms with Gasteiger partial charge in [-0.05, 0) is 52.9 Å². The summed E-state index contributed by atoms with van der Waals surface area (Å²) in [6, 6.07) is 15.3. The molecule has 1 aromatic heterocycles. The molecule has 1 saturated heterocycles. The Morgan fingerprint density at radius 2 is 1.84 bits per heavy atom. The number of hydrogen-bond donors (Lipinski definition) is 2. The molecule has 2 N–H and O–H groups in total. The molecule has 2 aromatic carbocycles. The molecule has 0 spiro atoms. The molecule has 6 nitrogen and oxygen atoms in total. The van der Waals surface area contributed by atoms with Gasteiger partial charge in [-0.15, -0.1) is 0 Å². The highest BCUT2D eigenvalue weighted by molar-refractivity contribution is 5.94. The van der Waals surface area contributed by atoms with Gasteiger partial charge in [-0.25, -0.2) is 0 Å². The van der Waals surface area contributed by atoms with Crippen molar-refractivity contribution < 1.29 is 14.3 Å². The summed E-state index contributed by atoms with van der Waals surface area (Å²) >= 11 is 0. The van der Waals surface area contributed by atoms with Gasteiger partial charge in [0.25, 0.3) is 5.91 Å². The molecule has 0 saturated carbocycles. The van der Waals surface area contributed by atoms with Gasteiger partial charge < -0.3 is 19.8 Å². The monoisotopic (exact) mass is 421 g/mol. The molecule has 0 unspecified atom stereocenters. The number of amides is 1. The number of H-pyrrole nitrogens is 1. The van der Waals surface area contributed by atoms with Crippen molar-refractivity contribution in [3.63, 3.8) is 0 Å². The number of carbonyl (C=O) groups is 1. The molecule has 1 amide bonds. The van der Waals surface area contributed by atoms with Crippen molar-refractivity contribution in [3.05, 3.63) is 71.5 Å². The zero-order chi connectivity index (χ0) is 21.5. The maximum Gasteiger partial charge on any atom is 0.253 e. The molecule has 1 aliphatic rings. The minimum atomic E-state index is 0.0104. The van der Waals surface area contributed by atoms with E-state index >= 15 is 0 Å². The Morgan fingerprint density at radius 3 is 2.58 bits per heavy atom. The van der Waals surface area contributed by atoms with E-state index < -0.39 is 0 Å². The maximum atomic E-state index is 12.2. The number of rotatable bonds is 9. The van der Waals surface area contributed by atoms with Gasteiger partial charge in [0.1, 0.15) is 0 Å². The lowest BCUT2D eigenvalue weighted by atomic mass is 10.0. The van der Waals surface area contributed by atoms with Crippen molar-refractivity contribution in [1.82, 2.24) is 15.2 Å². The molecule has 31 heavy (non-hydrogen) atoms. The van der Waals surface area contributed by atoms with E-state index in [4.69, 9.17) is 9.47 Å². The van der Waals surface area contributed by atoms with Crippen molar-refractivity contribution in [2.45, 2.75) is 32.0 Å². The van der Waals surface area contributed by atoms with Crippen molar-refractivity contribution in [2.24, 2.45) is 0 Å². The first-order valence-corrected chi connectivity index (χ1v) is 11.0. The highest BCUT2D eigenvalue weighted by Crippen LogP contribution is 2.21. The van der Waals surface area contributed by atoms with Crippen LogP contribution < -0.4 is 5.32 Å². The van der Waals surface area contributed by atoms with Gasteiger partial charge in [-0.3, -0.25) is 9.69 Å². The number of benzene rings is 2. The Labute approximate surface area is 183 Å². The first-order chi connectivity index (χ1) is 15.2. The molecule has 0 radical (unpaired) electrons. The molecule has 0 aliphatic carbocycles. The third-order valence-corrected chi connectivity index (χ3v) is 5.86. The largest absolute Gasteiger partial charge is 0.382 e. The van der Waals surface area contributed by atoms with Gasteiger partial charge in [0.2, 0.25) is 0 Å². The Bertz CT molecular complexity index is 979. The molecule has 6 heteroatoms. The smallest absolute Gasteiger partial charge is 0.253 e. The number of likely N-dealkylation sites (tertiary alicyclic amines) is 1. The molecule has 0 bridgehead atoms. The number of hydrogen-bond acceptors (Lipinski definition) is 4. The van der Waals surface area contributed by atoms with Crippen LogP contribution in [-0.2, 0) is 22.6 Å². The van der Waals surface area contributed by atoms with E-state index in [1.165, 1.54) is 21.9 Å². The molecule has 3 aromatic rings. The Morgan fingerprint density at radius 1 is 1.06 bits per heavy atom. The predicted molar refractivity (Wildman–Crippen MR) is 122 cm³/mol. The lowest BCUT2D eigenvalue weighted by Crippen LogP contribution is -2.44. The van der Waals surface area contributed by atoms with Gasteiger partial charge in [-0.2, -0.15) is 0 Å². The summed E-state index contributed by atoms with van der Waals surface area (Å²) < 4.78 is 10.7. The van der Waals surface area contributed by atoms with Gasteiger partial charge in [0, 0.05) is 45.2 Å². The minimum absolute atomic E-state index is 0.0104. The maximum absolute atomic E-state index is 12.2. The van der Waals surface area contributed by atoms with Crippen LogP contribution in [0.2, 0.25) is 0 Å². The number of carbonyl (C=O) groups excluding carboxylic acids is 1. The number of methoxy groups -OCH3 is 1. The van der Waals surface area contributed by atoms with Crippen molar-refractivity contribution in [2.75, 3.05) is 33.4 Å². The summed E-state index contributed by atoms with van der Waals surface area (Å²) in [4.78, 5) is 17.6. The number of nitrogens with one attached hydrogen (secondary N) is 2. The summed E-state index contributed by atoms with van der Waals surface area (Å²) in [5, 5.41) is 5.65. The number of nitrogens with zero attached hydrogens (tertiary/aromatic N) is 1. The van der Waals surface area contributed by atoms with Crippen LogP contribution in [0.3, 0.4) is 0 Å². The molecule has 1 fully saturated rings. The van der Waals surface area contributed by atoms with Gasteiger partial charge in [0.05, 0.1) is 25.4 Å². The topological polar surface area (TPSA) is 66.6 Å². The lowest BCUT2D eigenvalue weighted by molar-refractivity contribution is 0.0617. The Kier molecular flexibility index (Phi) is 7.35. The van der Waals surface area contributed by atoms with Crippen LogP contribution in [0.5, 0.6) is 0 Å². The summed E-state index contributed by atoms with van der Waals surface area (Å²) in [5.74, 6) is 0.0104. The average molecular weight is 422 g/mol. The Balaban J connectivity index is 1.29. The summed E-state index contributed by atoms with van der Waals surface area (Å²) in [5.41, 5.74) is 3.20. The van der Waals surface area contributed by atoms with E-state index in [1.807, 2.05) is 0 Å². The zero-order valence-electron chi connectivity index (χ0n) is 18.1. The van der Waals surface area contributed by atoms with E-state index in [0.29, 0.717) is 25.4 Å². The second-order valence-electron chi connectivity index (χ2n) is 8.18. The SMILES string of the molecule is COCCOCc1ccc2ccc(CN3CCC(NC(=O)c4cc[nH]c4)CC3)cc2c1. The summed E-state index contributed by atoms with van der Waals surface area (Å²) in [6.45, 7) is 4.74. The fourth-order valence-corrected chi connectivity index (χ4v) is 4.09. The number of aromatic nitrogens is 1. The fraction of sp³-hybridized carbons (Fsp3) is 0.400. The van der Waals surface area contributed by atoms with E-state index in [0.717, 1.165) is 32.5 Å². The molecule has 4 rings (SSSR count). The molecule has 164 valence electrons. The molecular weight excluding hydrogens is 390 g/mol. The van der Waals surface area contributed by atoms with Crippen molar-refractivity contribution >= 4 is 16.7 Å². The van der Waals surface area contributed by atoms with Crippen LogP contribution >= 0.6 is 0 Å². The number of piperidine rings is 1. The van der Waals surface area contributed by atoms with Crippen LogP contribution in [0, 0.1) is 0 Å². The first-order valence-electron chi connectivity index (χ1n) is 11.0. The Hall–Kier alpha value is -2.67. The normalized spacial score (nSPS) is 15.4. The highest BCUT2D eigenvalue weighted by atomic mass is 16.5. The van der Waals surface area contributed by atoms with Crippen LogP contribution in [0.25, 0.3) is 10.8 Å². The first kappa shape index (κ1) is 21.6. The standard InChI is InChI=1S/C25H31N3O3/c1-30-12-13-31-18-20-3-5-21-4-2-19(14-23(21)15-20)17-28-10-7-24(8-11-28)27-25(29)22-6-9-26-16-22/h2-6,9,14-16,24,26H,7-8,10-13,17-18H2,1H3,(H,27,29). The highest BCUT2D eigenvalue weighted by Gasteiger charge is 2.21. The van der Waals surface area contributed by atoms with Crippen LogP contribution in [0.4, 0.5) is 0 Å². The second-order valence-corrected chi connectivity index (χ2v) is 8.18. The number of fused-ring (bicyclic) bond motifs is 1. The van der Waals surface area contributed by atoms with Gasteiger partial charge >= 0.3 is 0 Å². The fourth-order valence-electron chi connectivity index (χ4n) is 4.09. The van der Waals surface area contributed by atoms with E-state index in [9.17, 15) is 4.79 Å². The van der Waals surface area contributed by atoms with Crippen LogP contribution in [0.15, 0.2) is 54.9 Å². The number of ether oxygens (including phenoxy) is 2. The van der Waals surface area contributed by atoms with Crippen LogP contribution in [0.1, 0.15) is 34.3 Å². The molecule has 0 atom stereocenters. The summed E-state index contributed by atoms with van der Waals surface area (Å²) in [6.07, 6.45) is 5.47. The minimum Gasteiger partial charge on any atom is -0.382 e. The van der Waals surface area contributed by atoms with Crippen LogP contribution in [-0.4, -0.2) is 55.2 Å². The van der Waals surface area contributed by atoms with E-state index in [2.05, 4.69) is 51.6 Å². The second kappa shape index (κ2) is 10.6. The van der Waals surface area contributed by atoms with Gasteiger partial charge in [-0.1, -0.05) is 24.3 Å². The predicted octanol–water partition coefficient (Wildman–Crippen LogP) is 3.73. The molecule has 2 heterocycles. The van der Waals surface area contributed by atoms with E-state index in [-0.39, 0.29) is 11.9 Å². The lowest BCUT2D eigenvalue weighted by Gasteiger charge is -2.32. The average Bonchev–Trinajstić information content (AvgIpc) is 3.33. The van der Waals surface area contributed by atoms with E-state index in [1.54, 1.807) is 25.6 Å². The van der Waals surface area contributed by atoms with Crippen molar-refractivity contribution in [1.29, 1.82) is 0 Å². The summed E-state index contributed by atoms with van der Waals surface area (Å²) in [7, 11) is 1.68. The zero-order valence-corrected chi connectivity index (χ0v) is 18.1. The third-order valence-electron chi connectivity index (χ3n) is 5.86. The molecular formula is C25H31N3O3. The van der Waals surface area contributed by atoms with Crippen molar-refractivity contribution in [3.8, 4) is 0 Å². The molecule has 1 aliphatic heterocycles. The third kappa shape index (κ3) is 5.94. The number of aromatic amines is 1. The quantitative estimate of drug-likeness (QED) is 0.517.